The van der Waals surface area contributed by atoms with Gasteiger partial charge in [-0.15, -0.1) is 0 Å². The minimum atomic E-state index is -0.199. The second-order valence-corrected chi connectivity index (χ2v) is 3.45. The van der Waals surface area contributed by atoms with Crippen LogP contribution in [0.5, 0.6) is 0 Å². The van der Waals surface area contributed by atoms with E-state index in [-0.39, 0.29) is 5.82 Å². The zero-order valence-corrected chi connectivity index (χ0v) is 8.32. The number of aryl methyl sites for hydroxylation is 1. The van der Waals surface area contributed by atoms with Gasteiger partial charge in [-0.05, 0) is 37.7 Å². The molecule has 3 heteroatoms. The van der Waals surface area contributed by atoms with Gasteiger partial charge in [-0.3, -0.25) is 0 Å². The molecule has 0 aliphatic rings. The second kappa shape index (κ2) is 3.42. The number of aromatic nitrogens is 1. The van der Waals surface area contributed by atoms with Gasteiger partial charge in [0.25, 0.3) is 0 Å². The molecular weight excluding hydrogens is 179 g/mol. The molecule has 1 aromatic heterocycles. The molecule has 0 amide bonds. The van der Waals surface area contributed by atoms with Gasteiger partial charge in [-0.25, -0.2) is 4.39 Å². The first-order valence-corrected chi connectivity index (χ1v) is 4.63. The molecule has 2 N–H and O–H groups in total. The zero-order valence-electron chi connectivity index (χ0n) is 8.32. The predicted octanol–water partition coefficient (Wildman–Crippen LogP) is 2.33. The van der Waals surface area contributed by atoms with Gasteiger partial charge >= 0.3 is 0 Å². The number of nitrogens with one attached hydrogen (secondary N) is 2. The van der Waals surface area contributed by atoms with Crippen LogP contribution >= 0.6 is 0 Å². The molecule has 1 aromatic carbocycles. The fourth-order valence-corrected chi connectivity index (χ4v) is 1.72. The van der Waals surface area contributed by atoms with Gasteiger partial charge in [0.05, 0.1) is 0 Å². The summed E-state index contributed by atoms with van der Waals surface area (Å²) >= 11 is 0. The number of rotatable bonds is 2. The summed E-state index contributed by atoms with van der Waals surface area (Å²) in [5, 5.41) is 4.17. The summed E-state index contributed by atoms with van der Waals surface area (Å²) in [6.07, 6.45) is 0. The van der Waals surface area contributed by atoms with Gasteiger partial charge in [0.2, 0.25) is 0 Å². The van der Waals surface area contributed by atoms with Crippen LogP contribution in [-0.2, 0) is 6.54 Å². The van der Waals surface area contributed by atoms with Crippen LogP contribution in [-0.4, -0.2) is 12.0 Å². The largest absolute Gasteiger partial charge is 0.357 e. The third-order valence-corrected chi connectivity index (χ3v) is 2.48. The molecule has 2 aromatic rings. The molecule has 0 atom stereocenters. The third kappa shape index (κ3) is 1.40. The van der Waals surface area contributed by atoms with Crippen molar-refractivity contribution in [2.45, 2.75) is 13.5 Å². The Morgan fingerprint density at radius 3 is 2.93 bits per heavy atom. The van der Waals surface area contributed by atoms with Gasteiger partial charge in [-0.2, -0.15) is 0 Å². The molecule has 0 fully saturated rings. The average molecular weight is 192 g/mol. The molecule has 0 saturated heterocycles. The highest BCUT2D eigenvalue weighted by Gasteiger charge is 2.06. The van der Waals surface area contributed by atoms with E-state index in [0.29, 0.717) is 0 Å². The lowest BCUT2D eigenvalue weighted by molar-refractivity contribution is 0.629. The Labute approximate surface area is 82.1 Å². The zero-order chi connectivity index (χ0) is 10.1. The maximum Gasteiger partial charge on any atom is 0.125 e. The summed E-state index contributed by atoms with van der Waals surface area (Å²) < 4.78 is 12.9. The number of hydrogen-bond donors (Lipinski definition) is 2. The van der Waals surface area contributed by atoms with Crippen molar-refractivity contribution < 1.29 is 4.39 Å². The van der Waals surface area contributed by atoms with Crippen LogP contribution in [0.1, 0.15) is 11.3 Å². The Morgan fingerprint density at radius 1 is 1.43 bits per heavy atom. The fraction of sp³-hybridized carbons (Fsp3) is 0.273. The SMILES string of the molecule is CNCc1[nH]c2cc(F)ccc2c1C. The maximum absolute atomic E-state index is 12.9. The lowest BCUT2D eigenvalue weighted by Gasteiger charge is -1.96. The Morgan fingerprint density at radius 2 is 2.21 bits per heavy atom. The summed E-state index contributed by atoms with van der Waals surface area (Å²) in [5.74, 6) is -0.199. The first kappa shape index (κ1) is 9.21. The van der Waals surface area contributed by atoms with Crippen LogP contribution in [0.25, 0.3) is 10.9 Å². The van der Waals surface area contributed by atoms with E-state index in [1.165, 1.54) is 17.7 Å². The lowest BCUT2D eigenvalue weighted by Crippen LogP contribution is -2.06. The summed E-state index contributed by atoms with van der Waals surface area (Å²) in [6, 6.07) is 4.84. The number of aromatic amines is 1. The number of benzene rings is 1. The quantitative estimate of drug-likeness (QED) is 0.751. The summed E-state index contributed by atoms with van der Waals surface area (Å²) in [5.41, 5.74) is 3.18. The molecule has 14 heavy (non-hydrogen) atoms. The van der Waals surface area contributed by atoms with E-state index >= 15 is 0 Å². The molecule has 0 aliphatic heterocycles. The van der Waals surface area contributed by atoms with Crippen LogP contribution < -0.4 is 5.32 Å². The molecule has 2 nitrogen and oxygen atoms in total. The number of hydrogen-bond acceptors (Lipinski definition) is 1. The third-order valence-electron chi connectivity index (χ3n) is 2.48. The number of fused-ring (bicyclic) bond motifs is 1. The van der Waals surface area contributed by atoms with Crippen LogP contribution in [0, 0.1) is 12.7 Å². The number of H-pyrrole nitrogens is 1. The van der Waals surface area contributed by atoms with Crippen LogP contribution in [0.15, 0.2) is 18.2 Å². The van der Waals surface area contributed by atoms with E-state index in [0.717, 1.165) is 23.1 Å². The first-order valence-electron chi connectivity index (χ1n) is 4.63. The summed E-state index contributed by atoms with van der Waals surface area (Å²) in [7, 11) is 1.89. The molecule has 0 spiro atoms. The summed E-state index contributed by atoms with van der Waals surface area (Å²) in [6.45, 7) is 2.82. The molecule has 0 bridgehead atoms. The Hall–Kier alpha value is -1.35. The van der Waals surface area contributed by atoms with Crippen molar-refractivity contribution in [1.82, 2.24) is 10.3 Å². The van der Waals surface area contributed by atoms with E-state index in [4.69, 9.17) is 0 Å². The van der Waals surface area contributed by atoms with Gasteiger partial charge in [0.1, 0.15) is 5.82 Å². The highest BCUT2D eigenvalue weighted by Crippen LogP contribution is 2.22. The molecule has 1 heterocycles. The van der Waals surface area contributed by atoms with Crippen molar-refractivity contribution in [2.75, 3.05) is 7.05 Å². The molecule has 0 radical (unpaired) electrons. The number of halogens is 1. The maximum atomic E-state index is 12.9. The van der Waals surface area contributed by atoms with Crippen LogP contribution in [0.3, 0.4) is 0 Å². The van der Waals surface area contributed by atoms with Crippen molar-refractivity contribution in [3.63, 3.8) is 0 Å². The van der Waals surface area contributed by atoms with E-state index in [1.54, 1.807) is 0 Å². The Bertz CT molecular complexity index is 460. The van der Waals surface area contributed by atoms with E-state index in [1.807, 2.05) is 20.0 Å². The van der Waals surface area contributed by atoms with E-state index < -0.39 is 0 Å². The standard InChI is InChI=1S/C11H13FN2/c1-7-9-4-3-8(12)5-10(9)14-11(7)6-13-2/h3-5,13-14H,6H2,1-2H3. The van der Waals surface area contributed by atoms with E-state index in [2.05, 4.69) is 10.3 Å². The second-order valence-electron chi connectivity index (χ2n) is 3.45. The highest BCUT2D eigenvalue weighted by molar-refractivity contribution is 5.84. The molecule has 0 unspecified atom stereocenters. The smallest absolute Gasteiger partial charge is 0.125 e. The average Bonchev–Trinajstić information content (AvgIpc) is 2.44. The van der Waals surface area contributed by atoms with Gasteiger partial charge in [0, 0.05) is 23.1 Å². The predicted molar refractivity (Wildman–Crippen MR) is 55.8 cm³/mol. The first-order chi connectivity index (χ1) is 6.72. The molecule has 0 aliphatic carbocycles. The Balaban J connectivity index is 2.61. The highest BCUT2D eigenvalue weighted by atomic mass is 19.1. The normalized spacial score (nSPS) is 11.1. The van der Waals surface area contributed by atoms with Crippen LogP contribution in [0.4, 0.5) is 4.39 Å². The van der Waals surface area contributed by atoms with Crippen molar-refractivity contribution >= 4 is 10.9 Å². The van der Waals surface area contributed by atoms with Gasteiger partial charge in [0.15, 0.2) is 0 Å². The minimum Gasteiger partial charge on any atom is -0.357 e. The molecule has 0 saturated carbocycles. The van der Waals surface area contributed by atoms with Crippen molar-refractivity contribution in [2.24, 2.45) is 0 Å². The van der Waals surface area contributed by atoms with Crippen molar-refractivity contribution in [3.05, 3.63) is 35.3 Å². The Kier molecular flexibility index (Phi) is 2.25. The van der Waals surface area contributed by atoms with Crippen molar-refractivity contribution in [1.29, 1.82) is 0 Å². The van der Waals surface area contributed by atoms with Gasteiger partial charge < -0.3 is 10.3 Å². The lowest BCUT2D eigenvalue weighted by atomic mass is 10.1. The van der Waals surface area contributed by atoms with Gasteiger partial charge in [-0.1, -0.05) is 0 Å². The van der Waals surface area contributed by atoms with Crippen molar-refractivity contribution in [3.8, 4) is 0 Å². The molecule has 74 valence electrons. The molecule has 2 rings (SSSR count). The monoisotopic (exact) mass is 192 g/mol. The van der Waals surface area contributed by atoms with E-state index in [9.17, 15) is 4.39 Å². The van der Waals surface area contributed by atoms with Crippen LogP contribution in [0.2, 0.25) is 0 Å². The molecular formula is C11H13FN2. The summed E-state index contributed by atoms with van der Waals surface area (Å²) in [4.78, 5) is 3.20. The fourth-order valence-electron chi connectivity index (χ4n) is 1.72. The minimum absolute atomic E-state index is 0.199. The topological polar surface area (TPSA) is 27.8 Å².